The largest absolute Gasteiger partial charge is 0.486 e. The number of ether oxygens (including phenoxy) is 1. The summed E-state index contributed by atoms with van der Waals surface area (Å²) in [7, 11) is 0. The van der Waals surface area contributed by atoms with Crippen molar-refractivity contribution >= 4 is 0 Å². The highest BCUT2D eigenvalue weighted by Gasteiger charge is 2.08. The number of benzene rings is 2. The third kappa shape index (κ3) is 4.05. The molecular weight excluding hydrogens is 257 g/mol. The van der Waals surface area contributed by atoms with E-state index in [1.54, 1.807) is 12.1 Å². The Morgan fingerprint density at radius 2 is 1.85 bits per heavy atom. The second kappa shape index (κ2) is 7.03. The normalized spacial score (nSPS) is 12.2. The number of hydrogen-bond donors (Lipinski definition) is 2. The Hall–Kier alpha value is -1.91. The van der Waals surface area contributed by atoms with Gasteiger partial charge >= 0.3 is 0 Å². The van der Waals surface area contributed by atoms with Gasteiger partial charge in [0, 0.05) is 6.04 Å². The fourth-order valence-corrected chi connectivity index (χ4v) is 1.89. The van der Waals surface area contributed by atoms with Gasteiger partial charge in [0.15, 0.2) is 11.6 Å². The van der Waals surface area contributed by atoms with E-state index in [1.807, 2.05) is 30.3 Å². The van der Waals surface area contributed by atoms with Gasteiger partial charge in [-0.3, -0.25) is 0 Å². The molecule has 0 radical (unpaired) electrons. The van der Waals surface area contributed by atoms with E-state index in [-0.39, 0.29) is 18.4 Å². The van der Waals surface area contributed by atoms with Crippen LogP contribution in [0, 0.1) is 5.82 Å². The average Bonchev–Trinajstić information content (AvgIpc) is 2.47. The summed E-state index contributed by atoms with van der Waals surface area (Å²) < 4.78 is 19.3. The second-order valence-electron chi connectivity index (χ2n) is 4.69. The molecule has 4 heteroatoms. The molecule has 0 aliphatic heterocycles. The van der Waals surface area contributed by atoms with E-state index >= 15 is 0 Å². The zero-order valence-corrected chi connectivity index (χ0v) is 11.1. The molecule has 0 saturated carbocycles. The molecule has 2 rings (SSSR count). The fourth-order valence-electron chi connectivity index (χ4n) is 1.89. The van der Waals surface area contributed by atoms with Gasteiger partial charge in [0.1, 0.15) is 6.61 Å². The standard InChI is InChI=1S/C16H18FNO2/c17-15-9-13(8-14(18)10-19)6-7-16(15)20-11-12-4-2-1-3-5-12/h1-7,9,14,19H,8,10-11,18H2/t14-/m0/s1. The fraction of sp³-hybridized carbons (Fsp3) is 0.250. The monoisotopic (exact) mass is 275 g/mol. The molecule has 20 heavy (non-hydrogen) atoms. The Morgan fingerprint density at radius 3 is 2.50 bits per heavy atom. The Morgan fingerprint density at radius 1 is 1.10 bits per heavy atom. The van der Waals surface area contributed by atoms with E-state index in [2.05, 4.69) is 0 Å². The van der Waals surface area contributed by atoms with Crippen molar-refractivity contribution < 1.29 is 14.2 Å². The summed E-state index contributed by atoms with van der Waals surface area (Å²) in [5, 5.41) is 8.89. The molecule has 3 nitrogen and oxygen atoms in total. The first-order valence-electron chi connectivity index (χ1n) is 6.50. The van der Waals surface area contributed by atoms with Gasteiger partial charge in [-0.15, -0.1) is 0 Å². The maximum absolute atomic E-state index is 13.9. The van der Waals surface area contributed by atoms with Gasteiger partial charge in [-0.05, 0) is 29.7 Å². The molecule has 0 saturated heterocycles. The first-order valence-corrected chi connectivity index (χ1v) is 6.50. The summed E-state index contributed by atoms with van der Waals surface area (Å²) in [5.74, 6) is -0.196. The molecule has 0 fully saturated rings. The van der Waals surface area contributed by atoms with Crippen LogP contribution in [0.2, 0.25) is 0 Å². The lowest BCUT2D eigenvalue weighted by molar-refractivity contribution is 0.265. The van der Waals surface area contributed by atoms with Crippen molar-refractivity contribution in [3.63, 3.8) is 0 Å². The summed E-state index contributed by atoms with van der Waals surface area (Å²) in [5.41, 5.74) is 7.36. The lowest BCUT2D eigenvalue weighted by Crippen LogP contribution is -2.26. The molecule has 0 spiro atoms. The molecule has 2 aromatic carbocycles. The summed E-state index contributed by atoms with van der Waals surface area (Å²) in [6.45, 7) is 0.209. The Bertz CT molecular complexity index is 545. The second-order valence-corrected chi connectivity index (χ2v) is 4.69. The Balaban J connectivity index is 1.99. The molecule has 0 aromatic heterocycles. The lowest BCUT2D eigenvalue weighted by Gasteiger charge is -2.11. The molecule has 0 amide bonds. The third-order valence-corrected chi connectivity index (χ3v) is 2.97. The van der Waals surface area contributed by atoms with Gasteiger partial charge in [0.05, 0.1) is 6.61 Å². The summed E-state index contributed by atoms with van der Waals surface area (Å²) in [6.07, 6.45) is 0.437. The highest BCUT2D eigenvalue weighted by Crippen LogP contribution is 2.20. The molecule has 0 aliphatic carbocycles. The number of hydrogen-bond acceptors (Lipinski definition) is 3. The number of aliphatic hydroxyl groups is 1. The van der Waals surface area contributed by atoms with E-state index in [1.165, 1.54) is 6.07 Å². The first-order chi connectivity index (χ1) is 9.69. The van der Waals surface area contributed by atoms with E-state index in [0.29, 0.717) is 13.0 Å². The predicted octanol–water partition coefficient (Wildman–Crippen LogP) is 2.27. The smallest absolute Gasteiger partial charge is 0.165 e. The highest BCUT2D eigenvalue weighted by atomic mass is 19.1. The van der Waals surface area contributed by atoms with Crippen molar-refractivity contribution in [2.45, 2.75) is 19.1 Å². The Labute approximate surface area is 117 Å². The van der Waals surface area contributed by atoms with Crippen LogP contribution in [0.15, 0.2) is 48.5 Å². The van der Waals surface area contributed by atoms with Gasteiger partial charge < -0.3 is 15.6 Å². The van der Waals surface area contributed by atoms with Gasteiger partial charge in [0.2, 0.25) is 0 Å². The van der Waals surface area contributed by atoms with Crippen molar-refractivity contribution in [3.8, 4) is 5.75 Å². The summed E-state index contributed by atoms with van der Waals surface area (Å²) in [4.78, 5) is 0. The van der Waals surface area contributed by atoms with Gasteiger partial charge in [0.25, 0.3) is 0 Å². The van der Waals surface area contributed by atoms with Crippen LogP contribution in [0.4, 0.5) is 4.39 Å². The minimum Gasteiger partial charge on any atom is -0.486 e. The van der Waals surface area contributed by atoms with Crippen LogP contribution in [0.1, 0.15) is 11.1 Å². The molecule has 106 valence electrons. The maximum atomic E-state index is 13.9. The van der Waals surface area contributed by atoms with Crippen molar-refractivity contribution in [1.29, 1.82) is 0 Å². The lowest BCUT2D eigenvalue weighted by atomic mass is 10.1. The van der Waals surface area contributed by atoms with E-state index in [9.17, 15) is 4.39 Å². The quantitative estimate of drug-likeness (QED) is 0.850. The topological polar surface area (TPSA) is 55.5 Å². The molecule has 0 bridgehead atoms. The van der Waals surface area contributed by atoms with E-state index in [0.717, 1.165) is 11.1 Å². The third-order valence-electron chi connectivity index (χ3n) is 2.97. The predicted molar refractivity (Wildman–Crippen MR) is 75.9 cm³/mol. The highest BCUT2D eigenvalue weighted by molar-refractivity contribution is 5.30. The molecule has 3 N–H and O–H groups in total. The SMILES string of the molecule is N[C@H](CO)Cc1ccc(OCc2ccccc2)c(F)c1. The van der Waals surface area contributed by atoms with Crippen LogP contribution in [0.25, 0.3) is 0 Å². The molecule has 0 unspecified atom stereocenters. The van der Waals surface area contributed by atoms with Crippen LogP contribution in [-0.2, 0) is 13.0 Å². The first kappa shape index (κ1) is 14.5. The van der Waals surface area contributed by atoms with Crippen LogP contribution in [-0.4, -0.2) is 17.8 Å². The van der Waals surface area contributed by atoms with E-state index < -0.39 is 5.82 Å². The van der Waals surface area contributed by atoms with E-state index in [4.69, 9.17) is 15.6 Å². The average molecular weight is 275 g/mol. The maximum Gasteiger partial charge on any atom is 0.165 e. The van der Waals surface area contributed by atoms with Crippen molar-refractivity contribution in [2.75, 3.05) is 6.61 Å². The zero-order valence-electron chi connectivity index (χ0n) is 11.1. The number of nitrogens with two attached hydrogens (primary N) is 1. The van der Waals surface area contributed by atoms with Crippen LogP contribution in [0.3, 0.4) is 0 Å². The molecule has 2 aromatic rings. The minimum atomic E-state index is -0.413. The molecule has 0 aliphatic rings. The molecule has 0 heterocycles. The van der Waals surface area contributed by atoms with Gasteiger partial charge in [-0.1, -0.05) is 36.4 Å². The number of aliphatic hydroxyl groups excluding tert-OH is 1. The Kier molecular flexibility index (Phi) is 5.09. The number of rotatable bonds is 6. The zero-order chi connectivity index (χ0) is 14.4. The number of halogens is 1. The van der Waals surface area contributed by atoms with Crippen LogP contribution >= 0.6 is 0 Å². The summed E-state index contributed by atoms with van der Waals surface area (Å²) >= 11 is 0. The van der Waals surface area contributed by atoms with Gasteiger partial charge in [-0.25, -0.2) is 4.39 Å². The van der Waals surface area contributed by atoms with Crippen molar-refractivity contribution in [1.82, 2.24) is 0 Å². The van der Waals surface area contributed by atoms with Crippen LogP contribution < -0.4 is 10.5 Å². The summed E-state index contributed by atoms with van der Waals surface area (Å²) in [6, 6.07) is 14.0. The van der Waals surface area contributed by atoms with Crippen molar-refractivity contribution in [3.05, 3.63) is 65.5 Å². The van der Waals surface area contributed by atoms with Crippen LogP contribution in [0.5, 0.6) is 5.75 Å². The van der Waals surface area contributed by atoms with Crippen molar-refractivity contribution in [2.24, 2.45) is 5.73 Å². The minimum absolute atomic E-state index is 0.117. The molecule has 1 atom stereocenters. The molecular formula is C16H18FNO2. The van der Waals surface area contributed by atoms with Gasteiger partial charge in [-0.2, -0.15) is 0 Å².